The van der Waals surface area contributed by atoms with Crippen LogP contribution < -0.4 is 4.31 Å². The van der Waals surface area contributed by atoms with Gasteiger partial charge in [-0.25, -0.2) is 8.42 Å². The maximum Gasteiger partial charge on any atom is 0.272 e. The van der Waals surface area contributed by atoms with Crippen molar-refractivity contribution in [2.45, 2.75) is 43.9 Å². The quantitative estimate of drug-likeness (QED) is 0.241. The van der Waals surface area contributed by atoms with Crippen LogP contribution in [0.1, 0.15) is 46.8 Å². The van der Waals surface area contributed by atoms with Crippen molar-refractivity contribution in [3.05, 3.63) is 131 Å². The standard InChI is InChI=1S/C31H31NO3S/c1-2-3-12-26-20-23-28(24-21-26)32(36(34,35)29-16-8-5-9-17-29)31(33)30-18-11-10-15-27(30)22-19-25-13-6-4-7-14-25/h4-11,13-18,20-21,23-24H,2-3,12,19,22H2,1H3. The molecule has 0 aliphatic rings. The summed E-state index contributed by atoms with van der Waals surface area (Å²) in [7, 11) is -4.13. The molecule has 0 aliphatic heterocycles. The Hall–Kier alpha value is -3.70. The third-order valence-electron chi connectivity index (χ3n) is 6.23. The summed E-state index contributed by atoms with van der Waals surface area (Å²) in [4.78, 5) is 14.1. The van der Waals surface area contributed by atoms with Crippen LogP contribution in [-0.4, -0.2) is 14.3 Å². The molecule has 36 heavy (non-hydrogen) atoms. The number of nitrogens with zero attached hydrogens (tertiary/aromatic N) is 1. The minimum absolute atomic E-state index is 0.0789. The van der Waals surface area contributed by atoms with Crippen LogP contribution in [0.3, 0.4) is 0 Å². The maximum absolute atomic E-state index is 14.0. The summed E-state index contributed by atoms with van der Waals surface area (Å²) < 4.78 is 28.6. The van der Waals surface area contributed by atoms with Crippen molar-refractivity contribution in [1.82, 2.24) is 0 Å². The van der Waals surface area contributed by atoms with E-state index < -0.39 is 15.9 Å². The van der Waals surface area contributed by atoms with Crippen molar-refractivity contribution in [2.75, 3.05) is 4.31 Å². The maximum atomic E-state index is 14.0. The Morgan fingerprint density at radius 3 is 1.92 bits per heavy atom. The van der Waals surface area contributed by atoms with Gasteiger partial charge in [-0.2, -0.15) is 4.31 Å². The van der Waals surface area contributed by atoms with Gasteiger partial charge in [-0.1, -0.05) is 92.2 Å². The van der Waals surface area contributed by atoms with E-state index in [9.17, 15) is 13.2 Å². The molecule has 5 heteroatoms. The van der Waals surface area contributed by atoms with Crippen molar-refractivity contribution in [2.24, 2.45) is 0 Å². The van der Waals surface area contributed by atoms with Gasteiger partial charge in [-0.3, -0.25) is 4.79 Å². The highest BCUT2D eigenvalue weighted by atomic mass is 32.2. The zero-order valence-electron chi connectivity index (χ0n) is 20.5. The van der Waals surface area contributed by atoms with Gasteiger partial charge in [-0.15, -0.1) is 0 Å². The first-order valence-corrected chi connectivity index (χ1v) is 13.8. The average Bonchev–Trinajstić information content (AvgIpc) is 2.92. The third kappa shape index (κ3) is 5.92. The molecule has 4 rings (SSSR count). The van der Waals surface area contributed by atoms with Gasteiger partial charge in [0.25, 0.3) is 15.9 Å². The van der Waals surface area contributed by atoms with Gasteiger partial charge < -0.3 is 0 Å². The summed E-state index contributed by atoms with van der Waals surface area (Å²) in [5.74, 6) is -0.552. The first-order valence-electron chi connectivity index (χ1n) is 12.4. The van der Waals surface area contributed by atoms with Gasteiger partial charge >= 0.3 is 0 Å². The van der Waals surface area contributed by atoms with E-state index in [2.05, 4.69) is 19.1 Å². The molecule has 4 aromatic rings. The lowest BCUT2D eigenvalue weighted by molar-refractivity contribution is 0.100. The molecule has 0 fully saturated rings. The summed E-state index contributed by atoms with van der Waals surface area (Å²) in [6.07, 6.45) is 4.43. The number of benzene rings is 4. The number of unbranched alkanes of at least 4 members (excludes halogenated alkanes) is 1. The van der Waals surface area contributed by atoms with Gasteiger partial charge in [0, 0.05) is 5.56 Å². The van der Waals surface area contributed by atoms with E-state index in [-0.39, 0.29) is 4.90 Å². The van der Waals surface area contributed by atoms with Crippen molar-refractivity contribution in [3.63, 3.8) is 0 Å². The molecule has 0 saturated heterocycles. The normalized spacial score (nSPS) is 11.2. The monoisotopic (exact) mass is 497 g/mol. The molecule has 0 aliphatic carbocycles. The second-order valence-electron chi connectivity index (χ2n) is 8.80. The molecular formula is C31H31NO3S. The van der Waals surface area contributed by atoms with Crippen LogP contribution in [0.5, 0.6) is 0 Å². The Morgan fingerprint density at radius 2 is 1.25 bits per heavy atom. The molecule has 0 radical (unpaired) electrons. The summed E-state index contributed by atoms with van der Waals surface area (Å²) in [6.45, 7) is 2.14. The lowest BCUT2D eigenvalue weighted by Gasteiger charge is -2.24. The van der Waals surface area contributed by atoms with Crippen molar-refractivity contribution >= 4 is 21.6 Å². The highest BCUT2D eigenvalue weighted by Gasteiger charge is 2.32. The number of carbonyl (C=O) groups is 1. The molecule has 4 aromatic carbocycles. The number of sulfonamides is 1. The first kappa shape index (κ1) is 25.4. The number of rotatable bonds is 10. The summed E-state index contributed by atoms with van der Waals surface area (Å²) >= 11 is 0. The summed E-state index contributed by atoms with van der Waals surface area (Å²) in [5, 5.41) is 0. The smallest absolute Gasteiger partial charge is 0.268 e. The minimum atomic E-state index is -4.13. The van der Waals surface area contributed by atoms with Crippen LogP contribution in [0.4, 0.5) is 5.69 Å². The number of hydrogen-bond donors (Lipinski definition) is 0. The minimum Gasteiger partial charge on any atom is -0.268 e. The lowest BCUT2D eigenvalue weighted by atomic mass is 9.99. The van der Waals surface area contributed by atoms with Crippen molar-refractivity contribution < 1.29 is 13.2 Å². The SMILES string of the molecule is CCCCc1ccc(N(C(=O)c2ccccc2CCc2ccccc2)S(=O)(=O)c2ccccc2)cc1. The fourth-order valence-corrected chi connectivity index (χ4v) is 5.65. The van der Waals surface area contributed by atoms with Crippen LogP contribution in [0, 0.1) is 0 Å². The second-order valence-corrected chi connectivity index (χ2v) is 10.6. The molecule has 0 aromatic heterocycles. The predicted molar refractivity (Wildman–Crippen MR) is 146 cm³/mol. The summed E-state index contributed by atoms with van der Waals surface area (Å²) in [6, 6.07) is 32.7. The highest BCUT2D eigenvalue weighted by Crippen LogP contribution is 2.28. The van der Waals surface area contributed by atoms with Crippen LogP contribution in [0.15, 0.2) is 114 Å². The van der Waals surface area contributed by atoms with E-state index >= 15 is 0 Å². The largest absolute Gasteiger partial charge is 0.272 e. The number of aryl methyl sites for hydroxylation is 3. The number of carbonyl (C=O) groups excluding carboxylic acids is 1. The van der Waals surface area contributed by atoms with Gasteiger partial charge in [0.2, 0.25) is 0 Å². The van der Waals surface area contributed by atoms with E-state index in [1.54, 1.807) is 42.5 Å². The number of anilines is 1. The molecule has 4 nitrogen and oxygen atoms in total. The lowest BCUT2D eigenvalue weighted by Crippen LogP contribution is -2.37. The van der Waals surface area contributed by atoms with Crippen LogP contribution >= 0.6 is 0 Å². The van der Waals surface area contributed by atoms with E-state index in [0.29, 0.717) is 17.7 Å². The Labute approximate surface area is 214 Å². The fourth-order valence-electron chi connectivity index (χ4n) is 4.22. The zero-order valence-corrected chi connectivity index (χ0v) is 21.3. The predicted octanol–water partition coefficient (Wildman–Crippen LogP) is 6.85. The molecular weight excluding hydrogens is 466 g/mol. The molecule has 0 spiro atoms. The van der Waals surface area contributed by atoms with E-state index in [0.717, 1.165) is 46.7 Å². The van der Waals surface area contributed by atoms with Gasteiger partial charge in [0.1, 0.15) is 0 Å². The fraction of sp³-hybridized carbons (Fsp3) is 0.194. The Morgan fingerprint density at radius 1 is 0.667 bits per heavy atom. The Kier molecular flexibility index (Phi) is 8.34. The molecule has 0 N–H and O–H groups in total. The van der Waals surface area contributed by atoms with E-state index in [1.165, 1.54) is 12.1 Å². The van der Waals surface area contributed by atoms with Crippen molar-refractivity contribution in [3.8, 4) is 0 Å². The molecule has 0 saturated carbocycles. The average molecular weight is 498 g/mol. The molecule has 0 heterocycles. The molecule has 184 valence electrons. The second kappa shape index (κ2) is 11.8. The van der Waals surface area contributed by atoms with Crippen LogP contribution in [-0.2, 0) is 29.3 Å². The zero-order chi connectivity index (χ0) is 25.4. The van der Waals surface area contributed by atoms with Gasteiger partial charge in [0.05, 0.1) is 10.6 Å². The topological polar surface area (TPSA) is 54.5 Å². The first-order chi connectivity index (χ1) is 17.5. The van der Waals surface area contributed by atoms with Crippen LogP contribution in [0.25, 0.3) is 0 Å². The summed E-state index contributed by atoms with van der Waals surface area (Å²) in [5.41, 5.74) is 3.83. The molecule has 0 unspecified atom stereocenters. The van der Waals surface area contributed by atoms with E-state index in [4.69, 9.17) is 0 Å². The number of amides is 1. The molecule has 1 amide bonds. The highest BCUT2D eigenvalue weighted by molar-refractivity contribution is 7.93. The number of hydrogen-bond acceptors (Lipinski definition) is 3. The molecule has 0 atom stereocenters. The van der Waals surface area contributed by atoms with Gasteiger partial charge in [0.15, 0.2) is 0 Å². The van der Waals surface area contributed by atoms with Gasteiger partial charge in [-0.05, 0) is 72.7 Å². The molecule has 0 bridgehead atoms. The third-order valence-corrected chi connectivity index (χ3v) is 7.95. The van der Waals surface area contributed by atoms with E-state index in [1.807, 2.05) is 42.5 Å². The Balaban J connectivity index is 1.73. The van der Waals surface area contributed by atoms with Crippen molar-refractivity contribution in [1.29, 1.82) is 0 Å². The van der Waals surface area contributed by atoms with Crippen LogP contribution in [0.2, 0.25) is 0 Å². The Bertz CT molecular complexity index is 1380.